The van der Waals surface area contributed by atoms with Crippen molar-refractivity contribution in [2.75, 3.05) is 19.8 Å². The highest BCUT2D eigenvalue weighted by atomic mass is 16.7. The molecule has 3 saturated heterocycles. The Kier molecular flexibility index (Phi) is 29.9. The molecular formula is C56H91N3O22. The zero-order chi connectivity index (χ0) is 60.0. The molecule has 0 aliphatic carbocycles. The van der Waals surface area contributed by atoms with Crippen molar-refractivity contribution in [1.29, 1.82) is 0 Å². The molecule has 18 N–H and O–H groups in total. The predicted molar refractivity (Wildman–Crippen MR) is 291 cm³/mol. The van der Waals surface area contributed by atoms with Crippen LogP contribution in [0.5, 0.6) is 0 Å². The highest BCUT2D eigenvalue weighted by molar-refractivity contribution is 5.74. The smallest absolute Gasteiger partial charge is 0.315 e. The van der Waals surface area contributed by atoms with Gasteiger partial charge in [-0.1, -0.05) is 98.9 Å². The summed E-state index contributed by atoms with van der Waals surface area (Å²) in [5.74, 6) is -3.87. The van der Waals surface area contributed by atoms with Gasteiger partial charge in [0.1, 0.15) is 36.6 Å². The monoisotopic (exact) mass is 1160 g/mol. The number of nitrogens with two attached hydrogens (primary N) is 1. The van der Waals surface area contributed by atoms with Gasteiger partial charge in [0.25, 0.3) is 0 Å². The van der Waals surface area contributed by atoms with Crippen molar-refractivity contribution in [3.05, 3.63) is 85.1 Å². The van der Waals surface area contributed by atoms with Crippen LogP contribution in [-0.4, -0.2) is 237 Å². The fraction of sp³-hybridized carbons (Fsp3) is 0.714. The number of cyclic esters (lactones) is 1. The largest absolute Gasteiger partial charge is 0.462 e. The van der Waals surface area contributed by atoms with Crippen molar-refractivity contribution >= 4 is 12.0 Å². The van der Waals surface area contributed by atoms with Gasteiger partial charge in [-0.15, -0.1) is 0 Å². The second-order valence-corrected chi connectivity index (χ2v) is 21.6. The van der Waals surface area contributed by atoms with E-state index in [1.807, 2.05) is 13.0 Å². The lowest BCUT2D eigenvalue weighted by Gasteiger charge is -2.46. The van der Waals surface area contributed by atoms with E-state index in [-0.39, 0.29) is 51.2 Å². The first-order valence-electron chi connectivity index (χ1n) is 27.8. The third-order valence-electron chi connectivity index (χ3n) is 14.8. The molecule has 25 nitrogen and oxygen atoms in total. The molecule has 0 radical (unpaired) electrons. The van der Waals surface area contributed by atoms with Crippen LogP contribution in [0.2, 0.25) is 0 Å². The molecule has 3 fully saturated rings. The van der Waals surface area contributed by atoms with Gasteiger partial charge in [-0.25, -0.2) is 4.79 Å². The summed E-state index contributed by atoms with van der Waals surface area (Å²) in [5, 5.41) is 156. The van der Waals surface area contributed by atoms with Crippen LogP contribution in [0.25, 0.3) is 0 Å². The molecule has 0 saturated carbocycles. The zero-order valence-corrected chi connectivity index (χ0v) is 46.5. The average Bonchev–Trinajstić information content (AvgIpc) is 3.44. The van der Waals surface area contributed by atoms with Crippen molar-refractivity contribution in [1.82, 2.24) is 10.6 Å². The number of fused-ring (bicyclic) bond motifs is 2. The van der Waals surface area contributed by atoms with Gasteiger partial charge >= 0.3 is 12.0 Å². The van der Waals surface area contributed by atoms with E-state index in [0.29, 0.717) is 0 Å². The summed E-state index contributed by atoms with van der Waals surface area (Å²) < 4.78 is 34.6. The predicted octanol–water partition coefficient (Wildman–Crippen LogP) is -2.11. The van der Waals surface area contributed by atoms with E-state index in [9.17, 15) is 81.1 Å². The quantitative estimate of drug-likeness (QED) is 0.0867. The van der Waals surface area contributed by atoms with Crippen molar-refractivity contribution in [3.63, 3.8) is 0 Å². The second kappa shape index (κ2) is 34.8. The van der Waals surface area contributed by atoms with Crippen LogP contribution in [0, 0.1) is 11.8 Å². The van der Waals surface area contributed by atoms with Gasteiger partial charge in [-0.05, 0) is 39.5 Å². The number of hydrogen-bond acceptors (Lipinski definition) is 23. The number of aliphatic hydroxyl groups excluding tert-OH is 13. The van der Waals surface area contributed by atoms with Gasteiger partial charge in [0, 0.05) is 44.1 Å². The Balaban J connectivity index is 1.57. The molecule has 4 rings (SSSR count). The third-order valence-corrected chi connectivity index (χ3v) is 14.8. The van der Waals surface area contributed by atoms with Crippen LogP contribution in [0.1, 0.15) is 85.5 Å². The number of nitrogens with one attached hydrogen (secondary N) is 2. The fourth-order valence-corrected chi connectivity index (χ4v) is 9.72. The fourth-order valence-electron chi connectivity index (χ4n) is 9.72. The van der Waals surface area contributed by atoms with Gasteiger partial charge in [0.05, 0.1) is 98.9 Å². The zero-order valence-electron chi connectivity index (χ0n) is 46.5. The molecule has 25 heteroatoms. The summed E-state index contributed by atoms with van der Waals surface area (Å²) in [6.07, 6.45) is -4.13. The maximum atomic E-state index is 13.5. The molecule has 0 aromatic rings. The van der Waals surface area contributed by atoms with Gasteiger partial charge in [-0.3, -0.25) is 4.79 Å². The number of amides is 2. The first-order valence-corrected chi connectivity index (χ1v) is 27.8. The molecule has 81 heavy (non-hydrogen) atoms. The van der Waals surface area contributed by atoms with Crippen LogP contribution in [-0.2, 0) is 33.2 Å². The molecule has 462 valence electrons. The molecule has 1 unspecified atom stereocenters. The maximum Gasteiger partial charge on any atom is 0.315 e. The topological polar surface area (TPSA) is 423 Å². The molecule has 24 atom stereocenters. The van der Waals surface area contributed by atoms with E-state index in [0.717, 1.165) is 0 Å². The number of aliphatic hydroxyl groups is 14. The Hall–Kier alpha value is -3.88. The van der Waals surface area contributed by atoms with E-state index < -0.39 is 184 Å². The number of rotatable bonds is 9. The summed E-state index contributed by atoms with van der Waals surface area (Å²) in [6.45, 7) is 5.88. The Labute approximate surface area is 473 Å². The van der Waals surface area contributed by atoms with E-state index in [1.54, 1.807) is 92.8 Å². The van der Waals surface area contributed by atoms with E-state index in [1.165, 1.54) is 6.92 Å². The lowest BCUT2D eigenvalue weighted by atomic mass is 9.87. The molecule has 0 spiro atoms. The molecule has 4 aliphatic heterocycles. The molecule has 2 amide bonds. The highest BCUT2D eigenvalue weighted by Gasteiger charge is 2.49. The number of ether oxygens (including phenoxy) is 6. The Bertz CT molecular complexity index is 2080. The van der Waals surface area contributed by atoms with Crippen LogP contribution < -0.4 is 16.4 Å². The lowest BCUT2D eigenvalue weighted by Crippen LogP contribution is -2.64. The second-order valence-electron chi connectivity index (χ2n) is 21.6. The van der Waals surface area contributed by atoms with Crippen molar-refractivity contribution in [2.24, 2.45) is 17.6 Å². The number of urea groups is 1. The molecule has 4 aliphatic rings. The van der Waals surface area contributed by atoms with Crippen molar-refractivity contribution in [3.8, 4) is 0 Å². The summed E-state index contributed by atoms with van der Waals surface area (Å²) in [6, 6.07) is -3.32. The number of carbonyl (C=O) groups excluding carboxylic acids is 2. The van der Waals surface area contributed by atoms with Gasteiger partial charge in [-0.2, -0.15) is 0 Å². The Morgan fingerprint density at radius 3 is 1.90 bits per heavy atom. The minimum Gasteiger partial charge on any atom is -0.462 e. The van der Waals surface area contributed by atoms with Crippen LogP contribution in [0.4, 0.5) is 4.79 Å². The third kappa shape index (κ3) is 22.9. The Morgan fingerprint density at radius 2 is 1.27 bits per heavy atom. The van der Waals surface area contributed by atoms with Crippen LogP contribution in [0.3, 0.4) is 0 Å². The standard InChI is InChI=1S/C56H91N3O22/c1-31-18-15-13-11-9-7-5-6-8-10-12-14-16-19-38(79-54-50(71)45(57)48(69)34(4)78-54)27-42-46(59-55(74)58-22-17-23-76-53-52(73)51(72)49(70)43(30-60)80-53)41(66)29-56(75,81-42)28-37(63)25-40(65)39(64)21-20-35(61)24-36(62)26-44(67)77-33(3)32(2)47(31)68/h5-16,18-19,31-43,45-54,60-66,68-73,75H,17,20-30,57H2,1-4H3,(H2,58,59,74)/b6-5+,9-7+,10-8+,13-11+,14-12+,18-15+,19-16+/t31-,32-,33?,34+,35+,36+,37-,38-,39+,40+,41-,42-,43+,45-,46+,47+,48+,49+,50-,51-,52-,53-,54-,56+/m0/s1. The number of esters is 1. The number of carbonyl (C=O) groups is 2. The summed E-state index contributed by atoms with van der Waals surface area (Å²) in [7, 11) is 0. The van der Waals surface area contributed by atoms with Gasteiger partial charge in [0.15, 0.2) is 18.4 Å². The highest BCUT2D eigenvalue weighted by Crippen LogP contribution is 2.35. The van der Waals surface area contributed by atoms with Crippen molar-refractivity contribution in [2.45, 2.75) is 220 Å². The molecule has 0 aromatic heterocycles. The minimum absolute atomic E-state index is 0.0529. The first kappa shape index (κ1) is 69.6. The normalized spacial score (nSPS) is 44.5. The van der Waals surface area contributed by atoms with Crippen LogP contribution in [0.15, 0.2) is 85.1 Å². The van der Waals surface area contributed by atoms with E-state index in [4.69, 9.17) is 34.2 Å². The number of hydrogen-bond donors (Lipinski definition) is 17. The van der Waals surface area contributed by atoms with Gasteiger partial charge < -0.3 is 116 Å². The number of allylic oxidation sites excluding steroid dienone is 12. The lowest BCUT2D eigenvalue weighted by molar-refractivity contribution is -0.303. The minimum atomic E-state index is -2.35. The molecule has 0 aromatic carbocycles. The molecule has 2 bridgehead atoms. The average molecular weight is 1160 g/mol. The van der Waals surface area contributed by atoms with E-state index in [2.05, 4.69) is 10.6 Å². The first-order chi connectivity index (χ1) is 38.3. The molecular weight excluding hydrogens is 1070 g/mol. The summed E-state index contributed by atoms with van der Waals surface area (Å²) >= 11 is 0. The Morgan fingerprint density at radius 1 is 0.654 bits per heavy atom. The maximum absolute atomic E-state index is 13.5. The van der Waals surface area contributed by atoms with Gasteiger partial charge in [0.2, 0.25) is 0 Å². The van der Waals surface area contributed by atoms with Crippen molar-refractivity contribution < 1.29 is 110 Å². The molecule has 4 heterocycles. The SMILES string of the molecule is CC1OC(=O)C[C@H](O)C[C@H](O)CC[C@@H](O)[C@H](O)C[C@H](O)C[C@]2(O)C[C@H](O)[C@@H](NC(=O)NCCCO[C@H]3O[C@H](CO)[C@@H](O)[C@H](O)[C@@H]3O)[C@H](C[C@@H](O[C@@H]3O[C@H](C)[C@@H](O)[C@H](N)[C@@H]3O)/C=C/C=C/C=C/C=C/C=C/C=C/C=C/[C@H](C)[C@@H](O)[C@H]1C)O2. The summed E-state index contributed by atoms with van der Waals surface area (Å²) in [5.41, 5.74) is 6.13. The van der Waals surface area contributed by atoms with E-state index >= 15 is 0 Å². The van der Waals surface area contributed by atoms with Crippen LogP contribution >= 0.6 is 0 Å². The summed E-state index contributed by atoms with van der Waals surface area (Å²) in [4.78, 5) is 26.2.